The third-order valence-electron chi connectivity index (χ3n) is 2.69. The van der Waals surface area contributed by atoms with Crippen molar-refractivity contribution in [2.45, 2.75) is 25.3 Å². The predicted octanol–water partition coefficient (Wildman–Crippen LogP) is 0.730. The number of amides is 1. The van der Waals surface area contributed by atoms with Crippen LogP contribution in [-0.2, 0) is 17.6 Å². The van der Waals surface area contributed by atoms with Gasteiger partial charge in [-0.25, -0.2) is 0 Å². The van der Waals surface area contributed by atoms with Gasteiger partial charge in [-0.2, -0.15) is 0 Å². The summed E-state index contributed by atoms with van der Waals surface area (Å²) in [4.78, 5) is 10.8. The van der Waals surface area contributed by atoms with Gasteiger partial charge >= 0.3 is 0 Å². The Morgan fingerprint density at radius 1 is 1.21 bits per heavy atom. The van der Waals surface area contributed by atoms with Crippen LogP contribution in [0.4, 0.5) is 0 Å². The van der Waals surface area contributed by atoms with Crippen molar-refractivity contribution in [1.82, 2.24) is 10.2 Å². The maximum Gasteiger partial charge on any atom is 0.233 e. The molecule has 6 heteroatoms. The quantitative estimate of drug-likeness (QED) is 0.796. The van der Waals surface area contributed by atoms with Crippen molar-refractivity contribution < 1.29 is 9.21 Å². The SMILES string of the molecule is NC(=O)C[C@@H](N)c1nnc(CCc2ccccc2)o1. The molecule has 0 fully saturated rings. The highest BCUT2D eigenvalue weighted by molar-refractivity contribution is 5.74. The molecule has 0 saturated carbocycles. The van der Waals surface area contributed by atoms with E-state index in [1.807, 2.05) is 30.3 Å². The van der Waals surface area contributed by atoms with Gasteiger partial charge in [-0.05, 0) is 12.0 Å². The molecule has 0 radical (unpaired) electrons. The Morgan fingerprint density at radius 3 is 2.63 bits per heavy atom. The zero-order valence-corrected chi connectivity index (χ0v) is 10.5. The Kier molecular flexibility index (Phi) is 4.25. The molecule has 1 aromatic heterocycles. The standard InChI is InChI=1S/C13H16N4O2/c14-10(8-11(15)18)13-17-16-12(19-13)7-6-9-4-2-1-3-5-9/h1-5,10H,6-8,14H2,(H2,15,18)/t10-/m1/s1. The monoisotopic (exact) mass is 260 g/mol. The lowest BCUT2D eigenvalue weighted by Gasteiger charge is -2.02. The van der Waals surface area contributed by atoms with E-state index in [-0.39, 0.29) is 12.3 Å². The van der Waals surface area contributed by atoms with E-state index >= 15 is 0 Å². The minimum Gasteiger partial charge on any atom is -0.424 e. The highest BCUT2D eigenvalue weighted by atomic mass is 16.4. The molecule has 0 bridgehead atoms. The van der Waals surface area contributed by atoms with Crippen LogP contribution in [0.5, 0.6) is 0 Å². The van der Waals surface area contributed by atoms with E-state index < -0.39 is 11.9 Å². The molecule has 0 aliphatic rings. The third-order valence-corrected chi connectivity index (χ3v) is 2.69. The summed E-state index contributed by atoms with van der Waals surface area (Å²) in [6.07, 6.45) is 1.45. The average Bonchev–Trinajstić information content (AvgIpc) is 2.86. The Labute approximate surface area is 110 Å². The molecule has 1 amide bonds. The lowest BCUT2D eigenvalue weighted by atomic mass is 10.1. The minimum absolute atomic E-state index is 0.000316. The van der Waals surface area contributed by atoms with Crippen LogP contribution in [0.25, 0.3) is 0 Å². The summed E-state index contributed by atoms with van der Waals surface area (Å²) in [5.74, 6) is 0.275. The molecule has 19 heavy (non-hydrogen) atoms. The zero-order chi connectivity index (χ0) is 13.7. The van der Waals surface area contributed by atoms with Crippen molar-refractivity contribution in [2.24, 2.45) is 11.5 Å². The van der Waals surface area contributed by atoms with Crippen molar-refractivity contribution in [3.8, 4) is 0 Å². The molecule has 0 saturated heterocycles. The number of rotatable bonds is 6. The average molecular weight is 260 g/mol. The van der Waals surface area contributed by atoms with Gasteiger partial charge in [0.15, 0.2) is 0 Å². The number of aromatic nitrogens is 2. The van der Waals surface area contributed by atoms with Gasteiger partial charge in [-0.3, -0.25) is 4.79 Å². The molecular weight excluding hydrogens is 244 g/mol. The molecule has 0 spiro atoms. The van der Waals surface area contributed by atoms with Gasteiger partial charge < -0.3 is 15.9 Å². The van der Waals surface area contributed by atoms with Crippen LogP contribution in [0.2, 0.25) is 0 Å². The number of hydrogen-bond donors (Lipinski definition) is 2. The summed E-state index contributed by atoms with van der Waals surface area (Å²) >= 11 is 0. The number of hydrogen-bond acceptors (Lipinski definition) is 5. The van der Waals surface area contributed by atoms with Gasteiger partial charge in [0.2, 0.25) is 17.7 Å². The number of primary amides is 1. The van der Waals surface area contributed by atoms with Gasteiger partial charge in [-0.15, -0.1) is 10.2 Å². The molecule has 0 aliphatic heterocycles. The Hall–Kier alpha value is -2.21. The van der Waals surface area contributed by atoms with Crippen LogP contribution in [0, 0.1) is 0 Å². The second-order valence-electron chi connectivity index (χ2n) is 4.30. The molecule has 6 nitrogen and oxygen atoms in total. The summed E-state index contributed by atoms with van der Waals surface area (Å²) in [5.41, 5.74) is 12.0. The zero-order valence-electron chi connectivity index (χ0n) is 10.5. The highest BCUT2D eigenvalue weighted by Crippen LogP contribution is 2.13. The van der Waals surface area contributed by atoms with Crippen LogP contribution in [-0.4, -0.2) is 16.1 Å². The van der Waals surface area contributed by atoms with Gasteiger partial charge in [0.25, 0.3) is 0 Å². The first-order chi connectivity index (χ1) is 9.15. The van der Waals surface area contributed by atoms with Crippen LogP contribution < -0.4 is 11.5 Å². The molecule has 1 heterocycles. The van der Waals surface area contributed by atoms with Crippen molar-refractivity contribution >= 4 is 5.91 Å². The largest absolute Gasteiger partial charge is 0.424 e. The second-order valence-corrected chi connectivity index (χ2v) is 4.30. The van der Waals surface area contributed by atoms with E-state index in [1.165, 1.54) is 5.56 Å². The Balaban J connectivity index is 1.92. The summed E-state index contributed by atoms with van der Waals surface area (Å²) in [6, 6.07) is 9.38. The first kappa shape index (κ1) is 13.2. The van der Waals surface area contributed by atoms with E-state index in [9.17, 15) is 4.79 Å². The van der Waals surface area contributed by atoms with Crippen molar-refractivity contribution in [3.05, 3.63) is 47.7 Å². The summed E-state index contributed by atoms with van der Waals surface area (Å²) in [5, 5.41) is 7.74. The molecular formula is C13H16N4O2. The molecule has 0 aliphatic carbocycles. The van der Waals surface area contributed by atoms with E-state index in [2.05, 4.69) is 10.2 Å². The van der Waals surface area contributed by atoms with Crippen LogP contribution in [0.3, 0.4) is 0 Å². The maximum atomic E-state index is 10.8. The molecule has 1 aromatic carbocycles. The number of nitrogens with two attached hydrogens (primary N) is 2. The molecule has 0 unspecified atom stereocenters. The second kappa shape index (κ2) is 6.10. The van der Waals surface area contributed by atoms with Gasteiger partial charge in [0, 0.05) is 6.42 Å². The molecule has 2 rings (SSSR count). The fraction of sp³-hybridized carbons (Fsp3) is 0.308. The van der Waals surface area contributed by atoms with E-state index in [1.54, 1.807) is 0 Å². The summed E-state index contributed by atoms with van der Waals surface area (Å²) < 4.78 is 5.41. The Morgan fingerprint density at radius 2 is 1.95 bits per heavy atom. The van der Waals surface area contributed by atoms with Gasteiger partial charge in [0.05, 0.1) is 12.5 Å². The van der Waals surface area contributed by atoms with E-state index in [0.29, 0.717) is 12.3 Å². The number of carbonyl (C=O) groups is 1. The first-order valence-corrected chi connectivity index (χ1v) is 6.05. The van der Waals surface area contributed by atoms with E-state index in [0.717, 1.165) is 6.42 Å². The van der Waals surface area contributed by atoms with Crippen LogP contribution in [0.15, 0.2) is 34.7 Å². The van der Waals surface area contributed by atoms with Crippen LogP contribution in [0.1, 0.15) is 29.8 Å². The lowest BCUT2D eigenvalue weighted by Crippen LogP contribution is -2.20. The molecule has 4 N–H and O–H groups in total. The number of nitrogens with zero attached hydrogens (tertiary/aromatic N) is 2. The maximum absolute atomic E-state index is 10.8. The predicted molar refractivity (Wildman–Crippen MR) is 68.9 cm³/mol. The van der Waals surface area contributed by atoms with Crippen molar-refractivity contribution in [3.63, 3.8) is 0 Å². The van der Waals surface area contributed by atoms with Crippen molar-refractivity contribution in [1.29, 1.82) is 0 Å². The lowest BCUT2D eigenvalue weighted by molar-refractivity contribution is -0.118. The highest BCUT2D eigenvalue weighted by Gasteiger charge is 2.16. The van der Waals surface area contributed by atoms with Gasteiger partial charge in [0.1, 0.15) is 0 Å². The molecule has 1 atom stereocenters. The summed E-state index contributed by atoms with van der Waals surface area (Å²) in [7, 11) is 0. The first-order valence-electron chi connectivity index (χ1n) is 6.05. The van der Waals surface area contributed by atoms with Crippen molar-refractivity contribution in [2.75, 3.05) is 0 Å². The Bertz CT molecular complexity index is 539. The van der Waals surface area contributed by atoms with Crippen LogP contribution >= 0.6 is 0 Å². The molecule has 100 valence electrons. The third kappa shape index (κ3) is 3.89. The fourth-order valence-electron chi connectivity index (χ4n) is 1.72. The smallest absolute Gasteiger partial charge is 0.233 e. The molecule has 2 aromatic rings. The topological polar surface area (TPSA) is 108 Å². The number of aryl methyl sites for hydroxylation is 2. The fourth-order valence-corrected chi connectivity index (χ4v) is 1.72. The van der Waals surface area contributed by atoms with E-state index in [4.69, 9.17) is 15.9 Å². The number of benzene rings is 1. The minimum atomic E-state index is -0.629. The number of carbonyl (C=O) groups excluding carboxylic acids is 1. The summed E-state index contributed by atoms with van der Waals surface area (Å²) in [6.45, 7) is 0. The normalized spacial score (nSPS) is 12.3. The van der Waals surface area contributed by atoms with Gasteiger partial charge in [-0.1, -0.05) is 30.3 Å².